The van der Waals surface area contributed by atoms with Gasteiger partial charge in [-0.1, -0.05) is 5.92 Å². The molecule has 1 fully saturated rings. The van der Waals surface area contributed by atoms with Crippen molar-refractivity contribution in [2.24, 2.45) is 0 Å². The van der Waals surface area contributed by atoms with E-state index in [1.165, 1.54) is 0 Å². The number of nitrogens with one attached hydrogen (secondary N) is 2. The summed E-state index contributed by atoms with van der Waals surface area (Å²) in [5.41, 5.74) is -0.563. The molecule has 13 heavy (non-hydrogen) atoms. The molecule has 0 aliphatic carbocycles. The Morgan fingerprint density at radius 2 is 2.23 bits per heavy atom. The summed E-state index contributed by atoms with van der Waals surface area (Å²) in [6, 6.07) is -0.487. The molecule has 1 heterocycles. The molecule has 2 N–H and O–H groups in total. The highest BCUT2D eigenvalue weighted by Gasteiger charge is 2.33. The van der Waals surface area contributed by atoms with E-state index >= 15 is 0 Å². The summed E-state index contributed by atoms with van der Waals surface area (Å²) in [7, 11) is 0. The number of amides is 2. The summed E-state index contributed by atoms with van der Waals surface area (Å²) >= 11 is 0. The van der Waals surface area contributed by atoms with Crippen molar-refractivity contribution < 1.29 is 9.59 Å². The van der Waals surface area contributed by atoms with Crippen LogP contribution in [0.1, 0.15) is 20.3 Å². The zero-order chi connectivity index (χ0) is 10.1. The van der Waals surface area contributed by atoms with Crippen molar-refractivity contribution in [1.82, 2.24) is 10.6 Å². The maximum Gasteiger partial charge on any atom is 0.244 e. The minimum Gasteiger partial charge on any atom is -0.295 e. The van der Waals surface area contributed by atoms with Crippen molar-refractivity contribution >= 4 is 11.8 Å². The van der Waals surface area contributed by atoms with Crippen LogP contribution in [0, 0.1) is 12.3 Å². The fourth-order valence-corrected chi connectivity index (χ4v) is 1.15. The lowest BCUT2D eigenvalue weighted by molar-refractivity contribution is -0.125. The molecule has 1 aliphatic rings. The van der Waals surface area contributed by atoms with Crippen molar-refractivity contribution in [2.45, 2.75) is 31.8 Å². The number of rotatable bonds is 2. The lowest BCUT2D eigenvalue weighted by Crippen LogP contribution is -2.48. The van der Waals surface area contributed by atoms with E-state index in [9.17, 15) is 9.59 Å². The summed E-state index contributed by atoms with van der Waals surface area (Å²) < 4.78 is 0. The minimum absolute atomic E-state index is 0.171. The molecule has 1 rings (SSSR count). The summed E-state index contributed by atoms with van der Waals surface area (Å²) in [5, 5.41) is 5.12. The van der Waals surface area contributed by atoms with Gasteiger partial charge in [0.2, 0.25) is 11.8 Å². The first kappa shape index (κ1) is 9.75. The van der Waals surface area contributed by atoms with Gasteiger partial charge >= 0.3 is 0 Å². The highest BCUT2D eigenvalue weighted by Crippen LogP contribution is 2.07. The van der Waals surface area contributed by atoms with Gasteiger partial charge in [0.25, 0.3) is 0 Å². The first-order valence-corrected chi connectivity index (χ1v) is 4.04. The molecule has 0 spiro atoms. The predicted octanol–water partition coefficient (Wildman–Crippen LogP) is -0.597. The standard InChI is InChI=1S/C9H12N2O2/c1-4-9(2,3)11-6-5-7(12)10-8(6)13/h1,6,11H,5H2,2-3H3,(H,10,12,13). The van der Waals surface area contributed by atoms with Crippen LogP contribution in [0.4, 0.5) is 0 Å². The number of carbonyl (C=O) groups excluding carboxylic acids is 2. The van der Waals surface area contributed by atoms with E-state index in [1.54, 1.807) is 13.8 Å². The molecule has 4 nitrogen and oxygen atoms in total. The van der Waals surface area contributed by atoms with E-state index in [0.717, 1.165) is 0 Å². The van der Waals surface area contributed by atoms with Crippen LogP contribution in [0.15, 0.2) is 0 Å². The number of terminal acetylenes is 1. The molecular formula is C9H12N2O2. The van der Waals surface area contributed by atoms with Crippen molar-refractivity contribution in [3.05, 3.63) is 0 Å². The molecule has 1 unspecified atom stereocenters. The Morgan fingerprint density at radius 1 is 1.62 bits per heavy atom. The van der Waals surface area contributed by atoms with Crippen LogP contribution in [-0.4, -0.2) is 23.4 Å². The number of carbonyl (C=O) groups is 2. The molecule has 0 aromatic carbocycles. The molecule has 1 atom stereocenters. The molecular weight excluding hydrogens is 168 g/mol. The van der Waals surface area contributed by atoms with E-state index < -0.39 is 11.6 Å². The van der Waals surface area contributed by atoms with Gasteiger partial charge in [-0.2, -0.15) is 0 Å². The van der Waals surface area contributed by atoms with Gasteiger partial charge in [0.15, 0.2) is 0 Å². The summed E-state index contributed by atoms with van der Waals surface area (Å²) in [4.78, 5) is 21.9. The molecule has 0 aromatic heterocycles. The third-order valence-electron chi connectivity index (χ3n) is 1.86. The predicted molar refractivity (Wildman–Crippen MR) is 47.6 cm³/mol. The topological polar surface area (TPSA) is 58.2 Å². The second kappa shape index (κ2) is 3.19. The van der Waals surface area contributed by atoms with Crippen molar-refractivity contribution in [1.29, 1.82) is 0 Å². The van der Waals surface area contributed by atoms with Gasteiger partial charge in [-0.25, -0.2) is 0 Å². The molecule has 2 amide bonds. The Bertz CT molecular complexity index is 288. The summed E-state index contributed by atoms with van der Waals surface area (Å²) in [6.45, 7) is 3.56. The highest BCUT2D eigenvalue weighted by molar-refractivity contribution is 6.05. The van der Waals surface area contributed by atoms with E-state index in [2.05, 4.69) is 16.6 Å². The Labute approximate surface area is 77.1 Å². The normalized spacial score (nSPS) is 22.7. The van der Waals surface area contributed by atoms with Gasteiger partial charge in [-0.05, 0) is 13.8 Å². The van der Waals surface area contributed by atoms with E-state index in [1.807, 2.05) is 0 Å². The van der Waals surface area contributed by atoms with Crippen LogP contribution in [0.25, 0.3) is 0 Å². The quantitative estimate of drug-likeness (QED) is 0.441. The van der Waals surface area contributed by atoms with Gasteiger partial charge in [0, 0.05) is 0 Å². The van der Waals surface area contributed by atoms with Gasteiger partial charge in [0.1, 0.15) is 0 Å². The zero-order valence-electron chi connectivity index (χ0n) is 7.68. The monoisotopic (exact) mass is 180 g/mol. The number of hydrogen-bond donors (Lipinski definition) is 2. The maximum atomic E-state index is 11.1. The summed E-state index contributed by atoms with van der Waals surface area (Å²) in [6.07, 6.45) is 5.41. The number of imide groups is 1. The molecule has 0 saturated carbocycles. The molecule has 1 aliphatic heterocycles. The maximum absolute atomic E-state index is 11.1. The van der Waals surface area contributed by atoms with Gasteiger partial charge < -0.3 is 0 Å². The van der Waals surface area contributed by atoms with E-state index in [0.29, 0.717) is 0 Å². The van der Waals surface area contributed by atoms with E-state index in [4.69, 9.17) is 6.42 Å². The lowest BCUT2D eigenvalue weighted by Gasteiger charge is -2.22. The smallest absolute Gasteiger partial charge is 0.244 e. The van der Waals surface area contributed by atoms with Crippen LogP contribution in [-0.2, 0) is 9.59 Å². The van der Waals surface area contributed by atoms with Crippen molar-refractivity contribution in [3.63, 3.8) is 0 Å². The van der Waals surface area contributed by atoms with Crippen LogP contribution >= 0.6 is 0 Å². The van der Waals surface area contributed by atoms with Crippen LogP contribution < -0.4 is 10.6 Å². The van der Waals surface area contributed by atoms with Crippen LogP contribution in [0.5, 0.6) is 0 Å². The molecule has 4 heteroatoms. The first-order valence-electron chi connectivity index (χ1n) is 4.04. The van der Waals surface area contributed by atoms with E-state index in [-0.39, 0.29) is 18.2 Å². The fraction of sp³-hybridized carbons (Fsp3) is 0.556. The van der Waals surface area contributed by atoms with Crippen LogP contribution in [0.3, 0.4) is 0 Å². The first-order chi connectivity index (χ1) is 5.94. The Hall–Kier alpha value is -1.34. The fourth-order valence-electron chi connectivity index (χ4n) is 1.15. The SMILES string of the molecule is C#CC(C)(C)NC1CC(=O)NC1=O. The molecule has 1 saturated heterocycles. The molecule has 0 aromatic rings. The molecule has 0 bridgehead atoms. The second-order valence-corrected chi connectivity index (χ2v) is 3.58. The zero-order valence-corrected chi connectivity index (χ0v) is 7.68. The average molecular weight is 180 g/mol. The average Bonchev–Trinajstić information content (AvgIpc) is 2.30. The third kappa shape index (κ3) is 2.30. The molecule has 0 radical (unpaired) electrons. The Kier molecular flexibility index (Phi) is 2.39. The lowest BCUT2D eigenvalue weighted by atomic mass is 10.0. The largest absolute Gasteiger partial charge is 0.295 e. The number of hydrogen-bond acceptors (Lipinski definition) is 3. The van der Waals surface area contributed by atoms with Gasteiger partial charge in [-0.15, -0.1) is 6.42 Å². The van der Waals surface area contributed by atoms with Crippen molar-refractivity contribution in [3.8, 4) is 12.3 Å². The summed E-state index contributed by atoms with van der Waals surface area (Å²) in [5.74, 6) is 1.95. The highest BCUT2D eigenvalue weighted by atomic mass is 16.2. The second-order valence-electron chi connectivity index (χ2n) is 3.58. The van der Waals surface area contributed by atoms with Crippen LogP contribution in [0.2, 0.25) is 0 Å². The van der Waals surface area contributed by atoms with Gasteiger partial charge in [0.05, 0.1) is 18.0 Å². The van der Waals surface area contributed by atoms with Gasteiger partial charge in [-0.3, -0.25) is 20.2 Å². The Morgan fingerprint density at radius 3 is 2.62 bits per heavy atom. The Balaban J connectivity index is 2.62. The van der Waals surface area contributed by atoms with Crippen molar-refractivity contribution in [2.75, 3.05) is 0 Å². The molecule has 70 valence electrons. The minimum atomic E-state index is -0.563. The third-order valence-corrected chi connectivity index (χ3v) is 1.86.